The number of para-hydroxylation sites is 4. The lowest BCUT2D eigenvalue weighted by atomic mass is 9.81. The van der Waals surface area contributed by atoms with Gasteiger partial charge in [-0.25, -0.2) is 4.98 Å². The van der Waals surface area contributed by atoms with Crippen LogP contribution in [0.4, 0.5) is 22.7 Å². The quantitative estimate of drug-likeness (QED) is 0.152. The van der Waals surface area contributed by atoms with E-state index in [4.69, 9.17) is 9.72 Å². The summed E-state index contributed by atoms with van der Waals surface area (Å²) < 4.78 is 9.04. The van der Waals surface area contributed by atoms with Crippen LogP contribution >= 0.6 is 0 Å². The molecule has 0 atom stereocenters. The third-order valence-corrected chi connectivity index (χ3v) is 13.5. The van der Waals surface area contributed by atoms with Crippen LogP contribution in [0.25, 0.3) is 94.4 Å². The lowest BCUT2D eigenvalue weighted by Gasteiger charge is -2.23. The van der Waals surface area contributed by atoms with Gasteiger partial charge in [0.25, 0.3) is 0 Å². The summed E-state index contributed by atoms with van der Waals surface area (Å²) in [6, 6.07) is 87.5. The topological polar surface area (TPSA) is 51.1 Å². The molecule has 5 nitrogen and oxygen atoms in total. The molecule has 0 bridgehead atoms. The van der Waals surface area contributed by atoms with Gasteiger partial charge in [-0.3, -0.25) is 4.57 Å². The van der Waals surface area contributed by atoms with Crippen molar-refractivity contribution >= 4 is 44.6 Å². The summed E-state index contributed by atoms with van der Waals surface area (Å²) in [6.07, 6.45) is 2.06. The zero-order valence-corrected chi connectivity index (χ0v) is 38.1. The lowest BCUT2D eigenvalue weighted by molar-refractivity contribution is 0.483. The van der Waals surface area contributed by atoms with E-state index in [1.165, 1.54) is 33.4 Å². The second kappa shape index (κ2) is 17.3. The molecule has 0 amide bonds. The number of hydrogen-bond donors (Lipinski definition) is 2. The van der Waals surface area contributed by atoms with E-state index in [9.17, 15) is 0 Å². The Bertz CT molecular complexity index is 3870. The van der Waals surface area contributed by atoms with Crippen LogP contribution < -0.4 is 15.4 Å². The molecule has 0 spiro atoms. The van der Waals surface area contributed by atoms with Gasteiger partial charge in [-0.1, -0.05) is 188 Å². The van der Waals surface area contributed by atoms with Gasteiger partial charge in [0.1, 0.15) is 17.3 Å². The molecule has 13 rings (SSSR count). The predicted octanol–water partition coefficient (Wildman–Crippen LogP) is 17.8. The summed E-state index contributed by atoms with van der Waals surface area (Å²) in [7, 11) is 0. The highest BCUT2D eigenvalue weighted by atomic mass is 16.5. The van der Waals surface area contributed by atoms with E-state index >= 15 is 0 Å². The maximum absolute atomic E-state index is 6.76. The highest BCUT2D eigenvalue weighted by molar-refractivity contribution is 6.10. The van der Waals surface area contributed by atoms with Gasteiger partial charge < -0.3 is 15.4 Å². The van der Waals surface area contributed by atoms with Crippen LogP contribution in [0.15, 0.2) is 255 Å². The van der Waals surface area contributed by atoms with E-state index in [-0.39, 0.29) is 0 Å². The second-order valence-corrected chi connectivity index (χ2v) is 17.6. The normalized spacial score (nSPS) is 11.4. The first kappa shape index (κ1) is 40.8. The van der Waals surface area contributed by atoms with Crippen LogP contribution in [-0.2, 0) is 0 Å². The van der Waals surface area contributed by atoms with Gasteiger partial charge in [0.15, 0.2) is 0 Å². The first-order valence-corrected chi connectivity index (χ1v) is 23.7. The molecule has 12 aromatic rings. The Balaban J connectivity index is 0.857. The number of nitrogens with zero attached hydrogens (tertiary/aromatic N) is 2. The van der Waals surface area contributed by atoms with E-state index in [0.29, 0.717) is 5.75 Å². The van der Waals surface area contributed by atoms with Crippen molar-refractivity contribution in [1.82, 2.24) is 9.55 Å². The lowest BCUT2D eigenvalue weighted by Crippen LogP contribution is -2.02. The maximum Gasteiger partial charge on any atom is 0.138 e. The first-order chi connectivity index (χ1) is 34.7. The molecule has 2 aromatic heterocycles. The van der Waals surface area contributed by atoms with Crippen LogP contribution in [0.1, 0.15) is 0 Å². The minimum Gasteiger partial charge on any atom is -0.457 e. The van der Waals surface area contributed by atoms with Crippen molar-refractivity contribution < 1.29 is 4.74 Å². The Morgan fingerprint density at radius 3 is 1.46 bits per heavy atom. The molecule has 1 aliphatic carbocycles. The number of aromatic nitrogens is 2. The largest absolute Gasteiger partial charge is 0.457 e. The molecule has 5 heteroatoms. The molecule has 0 aliphatic heterocycles. The Labute approximate surface area is 406 Å². The van der Waals surface area contributed by atoms with E-state index in [1.54, 1.807) is 0 Å². The Morgan fingerprint density at radius 1 is 0.329 bits per heavy atom. The molecular formula is C65H44N4O. The van der Waals surface area contributed by atoms with Crippen molar-refractivity contribution in [2.75, 3.05) is 10.6 Å². The van der Waals surface area contributed by atoms with Crippen LogP contribution in [0.5, 0.6) is 11.5 Å². The summed E-state index contributed by atoms with van der Waals surface area (Å²) in [4.78, 5) is 5.28. The number of benzene rings is 10. The third kappa shape index (κ3) is 7.25. The van der Waals surface area contributed by atoms with Crippen molar-refractivity contribution in [3.05, 3.63) is 255 Å². The fourth-order valence-electron chi connectivity index (χ4n) is 10.3. The highest BCUT2D eigenvalue weighted by Gasteiger charge is 2.24. The number of pyridine rings is 1. The molecule has 1 aliphatic rings. The van der Waals surface area contributed by atoms with Gasteiger partial charge in [0.2, 0.25) is 0 Å². The van der Waals surface area contributed by atoms with Crippen LogP contribution in [-0.4, -0.2) is 9.55 Å². The van der Waals surface area contributed by atoms with Crippen molar-refractivity contribution in [3.8, 4) is 84.1 Å². The minimum atomic E-state index is 0.716. The fraction of sp³-hybridized carbons (Fsp3) is 0. The number of hydrogen-bond acceptors (Lipinski definition) is 4. The average molecular weight is 897 g/mol. The molecule has 2 heterocycles. The van der Waals surface area contributed by atoms with Crippen LogP contribution in [0, 0.1) is 0 Å². The zero-order chi connectivity index (χ0) is 46.4. The van der Waals surface area contributed by atoms with E-state index in [2.05, 4.69) is 252 Å². The number of rotatable bonds is 9. The number of anilines is 4. The van der Waals surface area contributed by atoms with E-state index < -0.39 is 0 Å². The number of ether oxygens (including phenoxy) is 1. The molecule has 0 saturated heterocycles. The van der Waals surface area contributed by atoms with Gasteiger partial charge >= 0.3 is 0 Å². The SMILES string of the molecule is c1ccc(-c2cccc(-c3ccccc3)c2Nc2ccccc2Nc2cccc(Oc3ccc4c5ccccc5n(-c5cc6c(cn5)-c5ccccc5-c5ccccc5-c5ccccc5-6)c4c3)c2)cc1. The molecule has 0 fully saturated rings. The van der Waals surface area contributed by atoms with Gasteiger partial charge in [-0.05, 0) is 98.6 Å². The molecule has 0 saturated carbocycles. The predicted molar refractivity (Wildman–Crippen MR) is 291 cm³/mol. The third-order valence-electron chi connectivity index (χ3n) is 13.5. The fourth-order valence-corrected chi connectivity index (χ4v) is 10.3. The van der Waals surface area contributed by atoms with E-state index in [0.717, 1.165) is 89.5 Å². The van der Waals surface area contributed by atoms with Gasteiger partial charge in [-0.2, -0.15) is 0 Å². The van der Waals surface area contributed by atoms with Crippen molar-refractivity contribution in [2.45, 2.75) is 0 Å². The molecular weight excluding hydrogens is 853 g/mol. The Kier molecular flexibility index (Phi) is 10.1. The second-order valence-electron chi connectivity index (χ2n) is 17.6. The summed E-state index contributed by atoms with van der Waals surface area (Å²) in [5, 5.41) is 9.85. The molecule has 2 N–H and O–H groups in total. The summed E-state index contributed by atoms with van der Waals surface area (Å²) in [6.45, 7) is 0. The van der Waals surface area contributed by atoms with Crippen molar-refractivity contribution in [2.24, 2.45) is 0 Å². The first-order valence-electron chi connectivity index (χ1n) is 23.7. The van der Waals surface area contributed by atoms with Crippen LogP contribution in [0.3, 0.4) is 0 Å². The van der Waals surface area contributed by atoms with Gasteiger partial charge in [0.05, 0.1) is 28.1 Å². The summed E-state index contributed by atoms with van der Waals surface area (Å²) in [5.74, 6) is 2.28. The average Bonchev–Trinajstić information content (AvgIpc) is 3.75. The molecule has 0 radical (unpaired) electrons. The van der Waals surface area contributed by atoms with Crippen molar-refractivity contribution in [1.29, 1.82) is 0 Å². The summed E-state index contributed by atoms with van der Waals surface area (Å²) in [5.41, 5.74) is 19.9. The molecule has 10 aromatic carbocycles. The Hall–Kier alpha value is -9.45. The Morgan fingerprint density at radius 2 is 0.814 bits per heavy atom. The minimum absolute atomic E-state index is 0.716. The van der Waals surface area contributed by atoms with E-state index in [1.807, 2.05) is 18.2 Å². The van der Waals surface area contributed by atoms with Crippen molar-refractivity contribution in [3.63, 3.8) is 0 Å². The monoisotopic (exact) mass is 896 g/mol. The summed E-state index contributed by atoms with van der Waals surface area (Å²) >= 11 is 0. The smallest absolute Gasteiger partial charge is 0.138 e. The molecule has 0 unspecified atom stereocenters. The standard InChI is InChI=1S/C65H44N4O/c1-3-19-43(20-4-1)48-32-18-33-49(44-21-5-2-6-22-44)65(48)68-61-35-15-14-34-60(61)67-45-23-17-24-46(39-45)70-47-37-38-57-56-31-13-16-36-62(56)69(63(57)40-47)64-41-58-54-29-11-9-27-52(54)50-25-7-8-26-51(50)53-28-10-12-30-55(53)59(58)42-66-64/h1-42,67-68H. The van der Waals surface area contributed by atoms with Crippen LogP contribution in [0.2, 0.25) is 0 Å². The molecule has 70 heavy (non-hydrogen) atoms. The van der Waals surface area contributed by atoms with Gasteiger partial charge in [-0.15, -0.1) is 0 Å². The number of nitrogens with one attached hydrogen (secondary N) is 2. The maximum atomic E-state index is 6.76. The zero-order valence-electron chi connectivity index (χ0n) is 38.1. The molecule has 330 valence electrons. The number of fused-ring (bicyclic) bond motifs is 11. The van der Waals surface area contributed by atoms with Gasteiger partial charge in [0, 0.05) is 51.5 Å². The highest BCUT2D eigenvalue weighted by Crippen LogP contribution is 2.48.